The molecule has 0 spiro atoms. The van der Waals surface area contributed by atoms with Crippen LogP contribution in [0.3, 0.4) is 0 Å². The summed E-state index contributed by atoms with van der Waals surface area (Å²) in [6.45, 7) is 2.20. The summed E-state index contributed by atoms with van der Waals surface area (Å²) in [4.78, 5) is 25.2. The third-order valence-corrected chi connectivity index (χ3v) is 4.89. The number of nitrogens with one attached hydrogen (secondary N) is 2. The molecule has 0 radical (unpaired) electrons. The number of halogens is 1. The lowest BCUT2D eigenvalue weighted by Gasteiger charge is -2.09. The summed E-state index contributed by atoms with van der Waals surface area (Å²) >= 11 is 5.96. The van der Waals surface area contributed by atoms with Gasteiger partial charge < -0.3 is 19.8 Å². The number of nitrogens with zero attached hydrogens (tertiary/aromatic N) is 4. The van der Waals surface area contributed by atoms with Gasteiger partial charge in [-0.15, -0.1) is 0 Å². The van der Waals surface area contributed by atoms with Gasteiger partial charge >= 0.3 is 0 Å². The van der Waals surface area contributed by atoms with E-state index < -0.39 is 11.8 Å². The number of furan rings is 1. The zero-order valence-corrected chi connectivity index (χ0v) is 18.7. The van der Waals surface area contributed by atoms with Crippen molar-refractivity contribution in [2.45, 2.75) is 20.2 Å². The van der Waals surface area contributed by atoms with E-state index in [-0.39, 0.29) is 30.4 Å². The monoisotopic (exact) mass is 468 g/mol. The van der Waals surface area contributed by atoms with Crippen LogP contribution in [0.4, 0.5) is 5.69 Å². The van der Waals surface area contributed by atoms with Crippen molar-refractivity contribution in [1.82, 2.24) is 24.9 Å². The minimum atomic E-state index is -0.482. The van der Waals surface area contributed by atoms with Crippen LogP contribution in [0.1, 0.15) is 32.3 Å². The van der Waals surface area contributed by atoms with Crippen molar-refractivity contribution in [3.63, 3.8) is 0 Å². The standard InChI is InChI=1S/C22H21ClN6O4/c1-14-10-15(23)5-6-19(14)33-13-29-8-7-17(26-29)21(30)25-18-12-28(2)27-20(18)22(31)24-11-16-4-3-9-32-16/h3-10,12H,11,13H2,1-2H3,(H,24,31)(H,25,30). The second-order valence-corrected chi connectivity index (χ2v) is 7.64. The second-order valence-electron chi connectivity index (χ2n) is 7.20. The van der Waals surface area contributed by atoms with E-state index in [1.807, 2.05) is 6.92 Å². The maximum absolute atomic E-state index is 12.7. The average Bonchev–Trinajstić information content (AvgIpc) is 3.53. The molecular weight excluding hydrogens is 448 g/mol. The Hall–Kier alpha value is -4.05. The van der Waals surface area contributed by atoms with E-state index in [1.54, 1.807) is 55.8 Å². The summed E-state index contributed by atoms with van der Waals surface area (Å²) in [6, 6.07) is 10.3. The molecular formula is C22H21ClN6O4. The molecule has 4 rings (SSSR count). The highest BCUT2D eigenvalue weighted by atomic mass is 35.5. The highest BCUT2D eigenvalue weighted by molar-refractivity contribution is 6.30. The molecule has 0 saturated carbocycles. The van der Waals surface area contributed by atoms with Gasteiger partial charge in [0.2, 0.25) is 0 Å². The van der Waals surface area contributed by atoms with Crippen molar-refractivity contribution in [3.8, 4) is 5.75 Å². The predicted octanol–water partition coefficient (Wildman–Crippen LogP) is 3.39. The molecule has 1 aromatic carbocycles. The molecule has 170 valence electrons. The van der Waals surface area contributed by atoms with Crippen LogP contribution in [0.5, 0.6) is 5.75 Å². The van der Waals surface area contributed by atoms with E-state index in [2.05, 4.69) is 20.8 Å². The van der Waals surface area contributed by atoms with Crippen LogP contribution < -0.4 is 15.4 Å². The molecule has 0 fully saturated rings. The van der Waals surface area contributed by atoms with Crippen LogP contribution in [-0.2, 0) is 20.3 Å². The van der Waals surface area contributed by atoms with E-state index in [1.165, 1.54) is 15.6 Å². The summed E-state index contributed by atoms with van der Waals surface area (Å²) < 4.78 is 13.9. The molecule has 0 atom stereocenters. The van der Waals surface area contributed by atoms with Gasteiger partial charge in [0.25, 0.3) is 11.8 Å². The van der Waals surface area contributed by atoms with E-state index in [0.29, 0.717) is 16.5 Å². The molecule has 0 unspecified atom stereocenters. The number of carbonyl (C=O) groups excluding carboxylic acids is 2. The summed E-state index contributed by atoms with van der Waals surface area (Å²) in [5, 5.41) is 14.4. The number of amides is 2. The lowest BCUT2D eigenvalue weighted by molar-refractivity contribution is 0.0943. The van der Waals surface area contributed by atoms with Crippen LogP contribution in [0.25, 0.3) is 0 Å². The Kier molecular flexibility index (Phi) is 6.45. The maximum Gasteiger partial charge on any atom is 0.276 e. The molecule has 33 heavy (non-hydrogen) atoms. The molecule has 2 N–H and O–H groups in total. The Balaban J connectivity index is 1.38. The van der Waals surface area contributed by atoms with Gasteiger partial charge in [-0.1, -0.05) is 11.6 Å². The van der Waals surface area contributed by atoms with Gasteiger partial charge in [0.05, 0.1) is 18.5 Å². The molecule has 4 aromatic rings. The normalized spacial score (nSPS) is 10.8. The second kappa shape index (κ2) is 9.61. The van der Waals surface area contributed by atoms with Gasteiger partial charge in [-0.05, 0) is 48.9 Å². The Morgan fingerprint density at radius 3 is 2.79 bits per heavy atom. The SMILES string of the molecule is Cc1cc(Cl)ccc1OCn1ccc(C(=O)Nc2cn(C)nc2C(=O)NCc2ccco2)n1. The first kappa shape index (κ1) is 22.2. The Morgan fingerprint density at radius 1 is 1.18 bits per heavy atom. The highest BCUT2D eigenvalue weighted by Gasteiger charge is 2.20. The molecule has 10 nitrogen and oxygen atoms in total. The first-order chi connectivity index (χ1) is 15.9. The van der Waals surface area contributed by atoms with Crippen molar-refractivity contribution in [1.29, 1.82) is 0 Å². The van der Waals surface area contributed by atoms with Gasteiger partial charge in [0, 0.05) is 24.5 Å². The predicted molar refractivity (Wildman–Crippen MR) is 120 cm³/mol. The number of rotatable bonds is 8. The summed E-state index contributed by atoms with van der Waals surface area (Å²) in [7, 11) is 1.66. The number of carbonyl (C=O) groups is 2. The van der Waals surface area contributed by atoms with Crippen LogP contribution in [0, 0.1) is 6.92 Å². The van der Waals surface area contributed by atoms with Crippen LogP contribution in [0.15, 0.2) is 59.5 Å². The fourth-order valence-corrected chi connectivity index (χ4v) is 3.29. The molecule has 2 amide bonds. The summed E-state index contributed by atoms with van der Waals surface area (Å²) in [5.74, 6) is 0.344. The lowest BCUT2D eigenvalue weighted by Crippen LogP contribution is -2.25. The fourth-order valence-electron chi connectivity index (χ4n) is 3.06. The zero-order chi connectivity index (χ0) is 23.4. The molecule has 0 aliphatic rings. The largest absolute Gasteiger partial charge is 0.471 e. The Bertz CT molecular complexity index is 1280. The molecule has 0 aliphatic heterocycles. The third kappa shape index (κ3) is 5.42. The van der Waals surface area contributed by atoms with Crippen molar-refractivity contribution in [2.24, 2.45) is 7.05 Å². The van der Waals surface area contributed by atoms with E-state index >= 15 is 0 Å². The molecule has 0 aliphatic carbocycles. The van der Waals surface area contributed by atoms with E-state index in [0.717, 1.165) is 5.56 Å². The number of hydrogen-bond donors (Lipinski definition) is 2. The number of aromatic nitrogens is 4. The number of benzene rings is 1. The Labute approximate surface area is 194 Å². The van der Waals surface area contributed by atoms with Crippen LogP contribution in [-0.4, -0.2) is 31.4 Å². The summed E-state index contributed by atoms with van der Waals surface area (Å²) in [6.07, 6.45) is 4.69. The minimum Gasteiger partial charge on any atom is -0.471 e. The third-order valence-electron chi connectivity index (χ3n) is 4.66. The molecule has 3 aromatic heterocycles. The van der Waals surface area contributed by atoms with Crippen molar-refractivity contribution < 1.29 is 18.7 Å². The highest BCUT2D eigenvalue weighted by Crippen LogP contribution is 2.22. The smallest absolute Gasteiger partial charge is 0.276 e. The quantitative estimate of drug-likeness (QED) is 0.409. The van der Waals surface area contributed by atoms with Gasteiger partial charge in [0.1, 0.15) is 11.5 Å². The number of ether oxygens (including phenoxy) is 1. The van der Waals surface area contributed by atoms with Crippen molar-refractivity contribution >= 4 is 29.1 Å². The first-order valence-corrected chi connectivity index (χ1v) is 10.3. The van der Waals surface area contributed by atoms with Crippen molar-refractivity contribution in [3.05, 3.63) is 82.8 Å². The van der Waals surface area contributed by atoms with Gasteiger partial charge in [-0.2, -0.15) is 10.2 Å². The van der Waals surface area contributed by atoms with Crippen LogP contribution >= 0.6 is 11.6 Å². The number of hydrogen-bond acceptors (Lipinski definition) is 6. The van der Waals surface area contributed by atoms with Gasteiger partial charge in [-0.25, -0.2) is 4.68 Å². The molecule has 11 heteroatoms. The zero-order valence-electron chi connectivity index (χ0n) is 17.9. The topological polar surface area (TPSA) is 116 Å². The summed E-state index contributed by atoms with van der Waals surface area (Å²) in [5.41, 5.74) is 1.40. The van der Waals surface area contributed by atoms with Crippen molar-refractivity contribution in [2.75, 3.05) is 5.32 Å². The average molecular weight is 469 g/mol. The van der Waals surface area contributed by atoms with E-state index in [4.69, 9.17) is 20.8 Å². The lowest BCUT2D eigenvalue weighted by atomic mass is 10.2. The van der Waals surface area contributed by atoms with Gasteiger partial charge in [0.15, 0.2) is 18.1 Å². The minimum absolute atomic E-state index is 0.0818. The first-order valence-electron chi connectivity index (χ1n) is 9.97. The van der Waals surface area contributed by atoms with Crippen LogP contribution in [0.2, 0.25) is 5.02 Å². The number of anilines is 1. The van der Waals surface area contributed by atoms with Gasteiger partial charge in [-0.3, -0.25) is 14.3 Å². The molecule has 0 saturated heterocycles. The maximum atomic E-state index is 12.7. The van der Waals surface area contributed by atoms with E-state index in [9.17, 15) is 9.59 Å². The molecule has 0 bridgehead atoms. The fraction of sp³-hybridized carbons (Fsp3) is 0.182. The number of aryl methyl sites for hydroxylation is 2. The Morgan fingerprint density at radius 2 is 2.03 bits per heavy atom. The molecule has 3 heterocycles.